The lowest BCUT2D eigenvalue weighted by molar-refractivity contribution is -0.119. The third-order valence-corrected chi connectivity index (χ3v) is 4.47. The molecule has 0 spiro atoms. The predicted octanol–water partition coefficient (Wildman–Crippen LogP) is 4.18. The maximum absolute atomic E-state index is 12.3. The molecule has 0 aliphatic carbocycles. The van der Waals surface area contributed by atoms with Crippen molar-refractivity contribution in [3.8, 4) is 11.5 Å². The molecule has 0 saturated heterocycles. The van der Waals surface area contributed by atoms with Crippen molar-refractivity contribution in [3.05, 3.63) is 89.5 Å². The van der Waals surface area contributed by atoms with Crippen molar-refractivity contribution in [2.24, 2.45) is 5.10 Å². The molecule has 0 unspecified atom stereocenters. The van der Waals surface area contributed by atoms with Gasteiger partial charge >= 0.3 is 5.97 Å². The van der Waals surface area contributed by atoms with Gasteiger partial charge in [-0.05, 0) is 61.4 Å². The number of rotatable bonds is 9. The molecule has 7 heteroatoms. The highest BCUT2D eigenvalue weighted by Crippen LogP contribution is 2.29. The van der Waals surface area contributed by atoms with Crippen LogP contribution in [-0.2, 0) is 4.79 Å². The third kappa shape index (κ3) is 6.43. The van der Waals surface area contributed by atoms with E-state index in [-0.39, 0.29) is 12.5 Å². The summed E-state index contributed by atoms with van der Waals surface area (Å²) < 4.78 is 11.1. The Kier molecular flexibility index (Phi) is 7.97. The molecule has 0 aliphatic heterocycles. The zero-order valence-electron chi connectivity index (χ0n) is 18.0. The highest BCUT2D eigenvalue weighted by molar-refractivity contribution is 5.91. The van der Waals surface area contributed by atoms with E-state index in [0.29, 0.717) is 29.2 Å². The van der Waals surface area contributed by atoms with Gasteiger partial charge in [-0.25, -0.2) is 10.2 Å². The van der Waals surface area contributed by atoms with Crippen LogP contribution in [0.25, 0.3) is 0 Å². The van der Waals surface area contributed by atoms with E-state index in [2.05, 4.69) is 15.8 Å². The fraction of sp³-hybridized carbons (Fsp3) is 0.160. The van der Waals surface area contributed by atoms with E-state index in [0.717, 1.165) is 11.3 Å². The number of hydrazone groups is 1. The Labute approximate surface area is 187 Å². The summed E-state index contributed by atoms with van der Waals surface area (Å²) in [5.41, 5.74) is 5.56. The first-order valence-electron chi connectivity index (χ1n) is 10.2. The van der Waals surface area contributed by atoms with E-state index in [9.17, 15) is 9.59 Å². The van der Waals surface area contributed by atoms with Crippen LogP contribution in [0.3, 0.4) is 0 Å². The molecule has 1 amide bonds. The summed E-state index contributed by atoms with van der Waals surface area (Å²) in [6, 6.07) is 21.5. The average molecular weight is 431 g/mol. The number of nitrogens with one attached hydrogen (secondary N) is 2. The number of ether oxygens (including phenoxy) is 2. The van der Waals surface area contributed by atoms with Crippen LogP contribution >= 0.6 is 0 Å². The van der Waals surface area contributed by atoms with Gasteiger partial charge in [0.15, 0.2) is 11.5 Å². The van der Waals surface area contributed by atoms with Crippen LogP contribution in [0.2, 0.25) is 0 Å². The quantitative estimate of drug-likeness (QED) is 0.230. The molecule has 164 valence electrons. The molecule has 3 aromatic rings. The Bertz CT molecular complexity index is 1100. The summed E-state index contributed by atoms with van der Waals surface area (Å²) in [6.07, 6.45) is 1.50. The number of carbonyl (C=O) groups excluding carboxylic acids is 2. The molecule has 3 rings (SSSR count). The first kappa shape index (κ1) is 22.6. The first-order valence-corrected chi connectivity index (χ1v) is 10.2. The van der Waals surface area contributed by atoms with Gasteiger partial charge in [-0.1, -0.05) is 36.4 Å². The summed E-state index contributed by atoms with van der Waals surface area (Å²) >= 11 is 0. The number of para-hydroxylation sites is 1. The normalized spacial score (nSPS) is 10.6. The molecule has 0 bridgehead atoms. The molecule has 0 aromatic heterocycles. The summed E-state index contributed by atoms with van der Waals surface area (Å²) in [6.45, 7) is 4.30. The van der Waals surface area contributed by atoms with Gasteiger partial charge < -0.3 is 14.8 Å². The second kappa shape index (κ2) is 11.3. The molecule has 0 radical (unpaired) electrons. The Hall–Kier alpha value is -4.13. The van der Waals surface area contributed by atoms with Gasteiger partial charge in [-0.2, -0.15) is 5.10 Å². The molecule has 2 N–H and O–H groups in total. The number of hydrogen-bond donors (Lipinski definition) is 2. The number of benzene rings is 3. The van der Waals surface area contributed by atoms with E-state index in [1.807, 2.05) is 44.2 Å². The van der Waals surface area contributed by atoms with Gasteiger partial charge in [-0.15, -0.1) is 0 Å². The van der Waals surface area contributed by atoms with Gasteiger partial charge in [0.1, 0.15) is 0 Å². The van der Waals surface area contributed by atoms with Crippen LogP contribution in [0.1, 0.15) is 28.4 Å². The third-order valence-electron chi connectivity index (χ3n) is 4.47. The molecule has 0 fully saturated rings. The molecule has 0 aliphatic rings. The van der Waals surface area contributed by atoms with Crippen molar-refractivity contribution in [1.82, 2.24) is 5.43 Å². The molecule has 0 saturated carbocycles. The lowest BCUT2D eigenvalue weighted by Crippen LogP contribution is -2.26. The van der Waals surface area contributed by atoms with Crippen molar-refractivity contribution in [2.45, 2.75) is 13.8 Å². The Morgan fingerprint density at radius 1 is 0.969 bits per heavy atom. The van der Waals surface area contributed by atoms with Crippen molar-refractivity contribution >= 4 is 23.8 Å². The summed E-state index contributed by atoms with van der Waals surface area (Å²) in [5.74, 6) is -0.0260. The number of amides is 1. The molecule has 0 heterocycles. The van der Waals surface area contributed by atoms with Crippen molar-refractivity contribution in [2.75, 3.05) is 18.5 Å². The number of aryl methyl sites for hydroxylation is 1. The van der Waals surface area contributed by atoms with Gasteiger partial charge in [0.05, 0.1) is 24.9 Å². The SMILES string of the molecule is CCOc1cc(/C=N/NC(=O)CNc2ccccc2C)ccc1OC(=O)c1ccccc1. The van der Waals surface area contributed by atoms with Crippen molar-refractivity contribution in [3.63, 3.8) is 0 Å². The van der Waals surface area contributed by atoms with Crippen LogP contribution < -0.4 is 20.2 Å². The first-order chi connectivity index (χ1) is 15.6. The second-order valence-electron chi connectivity index (χ2n) is 6.86. The van der Waals surface area contributed by atoms with Crippen LogP contribution in [0, 0.1) is 6.92 Å². The van der Waals surface area contributed by atoms with Crippen molar-refractivity contribution in [1.29, 1.82) is 0 Å². The fourth-order valence-corrected chi connectivity index (χ4v) is 2.86. The van der Waals surface area contributed by atoms with Crippen LogP contribution in [0.4, 0.5) is 5.69 Å². The van der Waals surface area contributed by atoms with Gasteiger partial charge in [0.25, 0.3) is 5.91 Å². The molecule has 7 nitrogen and oxygen atoms in total. The van der Waals surface area contributed by atoms with Crippen molar-refractivity contribution < 1.29 is 19.1 Å². The zero-order valence-corrected chi connectivity index (χ0v) is 18.0. The number of anilines is 1. The van der Waals surface area contributed by atoms with Crippen LogP contribution in [0.5, 0.6) is 11.5 Å². The molecular weight excluding hydrogens is 406 g/mol. The van der Waals surface area contributed by atoms with Crippen LogP contribution in [0.15, 0.2) is 77.9 Å². The summed E-state index contributed by atoms with van der Waals surface area (Å²) in [7, 11) is 0. The smallest absolute Gasteiger partial charge is 0.343 e. The lowest BCUT2D eigenvalue weighted by Gasteiger charge is -2.11. The molecule has 3 aromatic carbocycles. The minimum absolute atomic E-state index is 0.0980. The maximum atomic E-state index is 12.3. The Morgan fingerprint density at radius 3 is 2.47 bits per heavy atom. The zero-order chi connectivity index (χ0) is 22.8. The van der Waals surface area contributed by atoms with Crippen LogP contribution in [-0.4, -0.2) is 31.2 Å². The summed E-state index contributed by atoms with van der Waals surface area (Å²) in [4.78, 5) is 24.4. The monoisotopic (exact) mass is 431 g/mol. The maximum Gasteiger partial charge on any atom is 0.343 e. The highest BCUT2D eigenvalue weighted by atomic mass is 16.6. The van der Waals surface area contributed by atoms with Gasteiger partial charge in [-0.3, -0.25) is 4.79 Å². The minimum atomic E-state index is -0.471. The van der Waals surface area contributed by atoms with Gasteiger partial charge in [0.2, 0.25) is 0 Å². The second-order valence-corrected chi connectivity index (χ2v) is 6.86. The van der Waals surface area contributed by atoms with E-state index in [1.54, 1.807) is 42.5 Å². The number of hydrogen-bond acceptors (Lipinski definition) is 6. The largest absolute Gasteiger partial charge is 0.490 e. The number of nitrogens with zero attached hydrogens (tertiary/aromatic N) is 1. The lowest BCUT2D eigenvalue weighted by atomic mass is 10.2. The van der Waals surface area contributed by atoms with E-state index >= 15 is 0 Å². The summed E-state index contributed by atoms with van der Waals surface area (Å²) in [5, 5.41) is 7.06. The minimum Gasteiger partial charge on any atom is -0.490 e. The average Bonchev–Trinajstić information content (AvgIpc) is 2.81. The standard InChI is InChI=1S/C25H25N3O4/c1-3-31-23-15-19(13-14-22(23)32-25(30)20-10-5-4-6-11-20)16-27-28-24(29)17-26-21-12-8-7-9-18(21)2/h4-16,26H,3,17H2,1-2H3,(H,28,29)/b27-16+. The Balaban J connectivity index is 1.59. The number of carbonyl (C=O) groups is 2. The van der Waals surface area contributed by atoms with E-state index in [4.69, 9.17) is 9.47 Å². The highest BCUT2D eigenvalue weighted by Gasteiger charge is 2.13. The fourth-order valence-electron chi connectivity index (χ4n) is 2.86. The Morgan fingerprint density at radius 2 is 1.72 bits per heavy atom. The molecular formula is C25H25N3O4. The molecule has 32 heavy (non-hydrogen) atoms. The molecule has 0 atom stereocenters. The van der Waals surface area contributed by atoms with E-state index < -0.39 is 5.97 Å². The predicted molar refractivity (Wildman–Crippen MR) is 124 cm³/mol. The van der Waals surface area contributed by atoms with E-state index in [1.165, 1.54) is 6.21 Å². The van der Waals surface area contributed by atoms with Gasteiger partial charge in [0, 0.05) is 5.69 Å². The topological polar surface area (TPSA) is 89.0 Å². The number of esters is 1.